The molecule has 0 spiro atoms. The topological polar surface area (TPSA) is 55.6 Å². The van der Waals surface area contributed by atoms with Crippen LogP contribution in [0.1, 0.15) is 56.8 Å². The number of anilines is 1. The molecule has 1 unspecified atom stereocenters. The summed E-state index contributed by atoms with van der Waals surface area (Å²) in [5, 5.41) is 0.330. The molecule has 1 atom stereocenters. The summed E-state index contributed by atoms with van der Waals surface area (Å²) in [6.45, 7) is 8.92. The standard InChI is InChI=1S/C18H29ClN2O2/c1-4-6-10-21(11-7-5-2)14(3)13-23-18(22)16-9-8-15(20)12-17(16)19/h8-9,12,14H,4-7,10-11,13,20H2,1-3H3. The van der Waals surface area contributed by atoms with Crippen LogP contribution in [0.4, 0.5) is 5.69 Å². The van der Waals surface area contributed by atoms with Gasteiger partial charge in [0.25, 0.3) is 0 Å². The van der Waals surface area contributed by atoms with E-state index in [9.17, 15) is 4.79 Å². The van der Waals surface area contributed by atoms with Crippen molar-refractivity contribution in [2.45, 2.75) is 52.5 Å². The second-order valence-electron chi connectivity index (χ2n) is 5.93. The fourth-order valence-corrected chi connectivity index (χ4v) is 2.62. The highest BCUT2D eigenvalue weighted by Gasteiger charge is 2.17. The first-order valence-electron chi connectivity index (χ1n) is 8.45. The summed E-state index contributed by atoms with van der Waals surface area (Å²) in [4.78, 5) is 14.6. The van der Waals surface area contributed by atoms with E-state index in [0.29, 0.717) is 22.9 Å². The van der Waals surface area contributed by atoms with Crippen molar-refractivity contribution in [3.05, 3.63) is 28.8 Å². The van der Waals surface area contributed by atoms with E-state index in [0.717, 1.165) is 38.8 Å². The van der Waals surface area contributed by atoms with E-state index in [2.05, 4.69) is 25.7 Å². The molecule has 0 amide bonds. The van der Waals surface area contributed by atoms with Crippen molar-refractivity contribution in [2.24, 2.45) is 0 Å². The first-order valence-corrected chi connectivity index (χ1v) is 8.83. The molecule has 1 rings (SSSR count). The summed E-state index contributed by atoms with van der Waals surface area (Å²) in [6, 6.07) is 5.03. The molecule has 0 heterocycles. The molecule has 1 aromatic rings. The molecular formula is C18H29ClN2O2. The summed E-state index contributed by atoms with van der Waals surface area (Å²) in [6.07, 6.45) is 4.64. The van der Waals surface area contributed by atoms with Gasteiger partial charge >= 0.3 is 5.97 Å². The first-order chi connectivity index (χ1) is 11.0. The molecule has 0 aliphatic carbocycles. The van der Waals surface area contributed by atoms with E-state index >= 15 is 0 Å². The highest BCUT2D eigenvalue weighted by atomic mass is 35.5. The lowest BCUT2D eigenvalue weighted by molar-refractivity contribution is 0.0367. The van der Waals surface area contributed by atoms with Crippen LogP contribution in [-0.4, -0.2) is 36.6 Å². The number of nitrogens with two attached hydrogens (primary N) is 1. The van der Waals surface area contributed by atoms with Gasteiger partial charge in [-0.1, -0.05) is 38.3 Å². The molecule has 0 radical (unpaired) electrons. The van der Waals surface area contributed by atoms with Crippen LogP contribution < -0.4 is 5.73 Å². The molecule has 0 bridgehead atoms. The molecule has 4 nitrogen and oxygen atoms in total. The number of esters is 1. The lowest BCUT2D eigenvalue weighted by Gasteiger charge is -2.28. The number of nitrogen functional groups attached to an aromatic ring is 1. The predicted octanol–water partition coefficient (Wildman–Crippen LogP) is 4.37. The third kappa shape index (κ3) is 6.80. The smallest absolute Gasteiger partial charge is 0.339 e. The van der Waals surface area contributed by atoms with Gasteiger partial charge in [0.1, 0.15) is 6.61 Å². The van der Waals surface area contributed by atoms with Gasteiger partial charge in [0.15, 0.2) is 0 Å². The summed E-state index contributed by atoms with van der Waals surface area (Å²) in [5.74, 6) is -0.396. The van der Waals surface area contributed by atoms with E-state index in [1.165, 1.54) is 0 Å². The van der Waals surface area contributed by atoms with Gasteiger partial charge in [0.2, 0.25) is 0 Å². The van der Waals surface area contributed by atoms with Crippen molar-refractivity contribution >= 4 is 23.3 Å². The summed E-state index contributed by atoms with van der Waals surface area (Å²) < 4.78 is 5.45. The van der Waals surface area contributed by atoms with E-state index in [4.69, 9.17) is 22.1 Å². The minimum atomic E-state index is -0.396. The fourth-order valence-electron chi connectivity index (χ4n) is 2.35. The van der Waals surface area contributed by atoms with Crippen LogP contribution >= 0.6 is 11.6 Å². The Morgan fingerprint density at radius 1 is 1.26 bits per heavy atom. The third-order valence-electron chi connectivity index (χ3n) is 3.89. The second kappa shape index (κ2) is 10.5. The van der Waals surface area contributed by atoms with E-state index in [1.54, 1.807) is 18.2 Å². The zero-order chi connectivity index (χ0) is 17.2. The van der Waals surface area contributed by atoms with Gasteiger partial charge in [-0.15, -0.1) is 0 Å². The van der Waals surface area contributed by atoms with Gasteiger partial charge in [-0.25, -0.2) is 4.79 Å². The number of benzene rings is 1. The van der Waals surface area contributed by atoms with Crippen molar-refractivity contribution in [3.8, 4) is 0 Å². The Morgan fingerprint density at radius 3 is 2.39 bits per heavy atom. The molecule has 130 valence electrons. The lowest BCUT2D eigenvalue weighted by Crippen LogP contribution is -2.38. The maximum atomic E-state index is 12.2. The number of halogens is 1. The number of ether oxygens (including phenoxy) is 1. The Hall–Kier alpha value is -1.26. The van der Waals surface area contributed by atoms with E-state index < -0.39 is 5.97 Å². The molecule has 0 aromatic heterocycles. The Bertz CT molecular complexity index is 486. The number of rotatable bonds is 10. The Balaban J connectivity index is 2.57. The SMILES string of the molecule is CCCCN(CCCC)C(C)COC(=O)c1ccc(N)cc1Cl. The molecule has 0 fully saturated rings. The summed E-state index contributed by atoms with van der Waals surface area (Å²) >= 11 is 6.05. The minimum absolute atomic E-state index is 0.199. The maximum absolute atomic E-state index is 12.2. The molecule has 0 aliphatic rings. The quantitative estimate of drug-likeness (QED) is 0.507. The Morgan fingerprint density at radius 2 is 1.87 bits per heavy atom. The second-order valence-corrected chi connectivity index (χ2v) is 6.34. The molecule has 2 N–H and O–H groups in total. The van der Waals surface area contributed by atoms with Gasteiger partial charge in [-0.2, -0.15) is 0 Å². The number of unbranched alkanes of at least 4 members (excludes halogenated alkanes) is 2. The van der Waals surface area contributed by atoms with Crippen molar-refractivity contribution in [1.29, 1.82) is 0 Å². The molecule has 5 heteroatoms. The molecule has 23 heavy (non-hydrogen) atoms. The number of carbonyl (C=O) groups excluding carboxylic acids is 1. The summed E-state index contributed by atoms with van der Waals surface area (Å²) in [5.41, 5.74) is 6.53. The highest BCUT2D eigenvalue weighted by molar-refractivity contribution is 6.33. The van der Waals surface area contributed by atoms with Crippen molar-refractivity contribution < 1.29 is 9.53 Å². The molecule has 0 saturated carbocycles. The third-order valence-corrected chi connectivity index (χ3v) is 4.20. The van der Waals surface area contributed by atoms with E-state index in [1.807, 2.05) is 0 Å². The van der Waals surface area contributed by atoms with E-state index in [-0.39, 0.29) is 6.04 Å². The highest BCUT2D eigenvalue weighted by Crippen LogP contribution is 2.20. The Labute approximate surface area is 144 Å². The zero-order valence-corrected chi connectivity index (χ0v) is 15.2. The van der Waals surface area contributed by atoms with Crippen LogP contribution in [0.5, 0.6) is 0 Å². The van der Waals surface area contributed by atoms with Gasteiger partial charge in [-0.05, 0) is 51.1 Å². The largest absolute Gasteiger partial charge is 0.460 e. The predicted molar refractivity (Wildman–Crippen MR) is 97.0 cm³/mol. The van der Waals surface area contributed by atoms with Crippen molar-refractivity contribution in [1.82, 2.24) is 4.90 Å². The molecule has 0 saturated heterocycles. The number of hydrogen-bond donors (Lipinski definition) is 1. The number of hydrogen-bond acceptors (Lipinski definition) is 4. The maximum Gasteiger partial charge on any atom is 0.339 e. The summed E-state index contributed by atoms with van der Waals surface area (Å²) in [7, 11) is 0. The molecular weight excluding hydrogens is 312 g/mol. The van der Waals surface area contributed by atoms with Crippen molar-refractivity contribution in [2.75, 3.05) is 25.4 Å². The van der Waals surface area contributed by atoms with Crippen molar-refractivity contribution in [3.63, 3.8) is 0 Å². The normalized spacial score (nSPS) is 12.4. The zero-order valence-electron chi connectivity index (χ0n) is 14.5. The van der Waals surface area contributed by atoms with Gasteiger partial charge < -0.3 is 10.5 Å². The van der Waals surface area contributed by atoms with Crippen LogP contribution in [-0.2, 0) is 4.74 Å². The van der Waals surface area contributed by atoms with Gasteiger partial charge in [-0.3, -0.25) is 4.90 Å². The first kappa shape index (κ1) is 19.8. The van der Waals surface area contributed by atoms with Crippen LogP contribution in [0.15, 0.2) is 18.2 Å². The monoisotopic (exact) mass is 340 g/mol. The number of nitrogens with zero attached hydrogens (tertiary/aromatic N) is 1. The molecule has 0 aliphatic heterocycles. The van der Waals surface area contributed by atoms with Gasteiger partial charge in [0, 0.05) is 11.7 Å². The van der Waals surface area contributed by atoms with Crippen LogP contribution in [0.3, 0.4) is 0 Å². The minimum Gasteiger partial charge on any atom is -0.460 e. The Kier molecular flexibility index (Phi) is 9.03. The van der Waals surface area contributed by atoms with Gasteiger partial charge in [0.05, 0.1) is 10.6 Å². The average Bonchev–Trinajstić information content (AvgIpc) is 2.52. The number of carbonyl (C=O) groups is 1. The average molecular weight is 341 g/mol. The van der Waals surface area contributed by atoms with Crippen LogP contribution in [0, 0.1) is 0 Å². The molecule has 1 aromatic carbocycles. The lowest BCUT2D eigenvalue weighted by atomic mass is 10.2. The van der Waals surface area contributed by atoms with Crippen LogP contribution in [0.2, 0.25) is 5.02 Å². The van der Waals surface area contributed by atoms with Crippen LogP contribution in [0.25, 0.3) is 0 Å². The fraction of sp³-hybridized carbons (Fsp3) is 0.611.